The Bertz CT molecular complexity index is 427. The van der Waals surface area contributed by atoms with Gasteiger partial charge in [0.2, 0.25) is 0 Å². The van der Waals surface area contributed by atoms with Crippen LogP contribution in [0, 0.1) is 0 Å². The molecule has 1 heterocycles. The Hall–Kier alpha value is -1.45. The normalized spacial score (nSPS) is 11.5. The van der Waals surface area contributed by atoms with Gasteiger partial charge in [-0.2, -0.15) is 5.10 Å². The lowest BCUT2D eigenvalue weighted by Gasteiger charge is -2.18. The molecule has 0 bridgehead atoms. The smallest absolute Gasteiger partial charge is 0.277 e. The second kappa shape index (κ2) is 3.96. The zero-order chi connectivity index (χ0) is 11.6. The summed E-state index contributed by atoms with van der Waals surface area (Å²) in [7, 11) is 0. The molecular formula is C11H16N2O2. The number of aryl methyl sites for hydroxylation is 1. The van der Waals surface area contributed by atoms with Crippen LogP contribution in [0.5, 0.6) is 0 Å². The van der Waals surface area contributed by atoms with Crippen LogP contribution in [0.1, 0.15) is 43.7 Å². The standard InChI is InChI=1S/C11H16N2O2/c1-5-13-10(15)8(7-14)6-9(12-13)11(2,3)4/h6-7H,5H2,1-4H3. The molecule has 0 aliphatic heterocycles. The number of carbonyl (C=O) groups is 1. The lowest BCUT2D eigenvalue weighted by atomic mass is 9.91. The van der Waals surface area contributed by atoms with Crippen molar-refractivity contribution in [3.63, 3.8) is 0 Å². The highest BCUT2D eigenvalue weighted by Crippen LogP contribution is 2.18. The first-order valence-corrected chi connectivity index (χ1v) is 4.98. The minimum Gasteiger partial charge on any atom is -0.298 e. The molecule has 0 aliphatic carbocycles. The molecule has 0 aromatic carbocycles. The van der Waals surface area contributed by atoms with Gasteiger partial charge in [-0.05, 0) is 13.0 Å². The summed E-state index contributed by atoms with van der Waals surface area (Å²) in [6, 6.07) is 1.57. The maximum Gasteiger partial charge on any atom is 0.277 e. The summed E-state index contributed by atoms with van der Waals surface area (Å²) in [5, 5.41) is 4.22. The van der Waals surface area contributed by atoms with Gasteiger partial charge < -0.3 is 0 Å². The summed E-state index contributed by atoms with van der Waals surface area (Å²) in [4.78, 5) is 22.3. The first-order chi connectivity index (χ1) is 6.90. The van der Waals surface area contributed by atoms with Gasteiger partial charge >= 0.3 is 0 Å². The number of aromatic nitrogens is 2. The summed E-state index contributed by atoms with van der Waals surface area (Å²) >= 11 is 0. The van der Waals surface area contributed by atoms with Gasteiger partial charge in [-0.3, -0.25) is 9.59 Å². The lowest BCUT2D eigenvalue weighted by molar-refractivity contribution is 0.112. The van der Waals surface area contributed by atoms with E-state index in [1.807, 2.05) is 27.7 Å². The molecule has 0 saturated carbocycles. The van der Waals surface area contributed by atoms with Crippen LogP contribution in [0.2, 0.25) is 0 Å². The molecule has 15 heavy (non-hydrogen) atoms. The maximum atomic E-state index is 11.6. The Morgan fingerprint density at radius 1 is 1.47 bits per heavy atom. The number of nitrogens with zero attached hydrogens (tertiary/aromatic N) is 2. The summed E-state index contributed by atoms with van der Waals surface area (Å²) in [6.45, 7) is 8.29. The second-order valence-corrected chi connectivity index (χ2v) is 4.47. The molecule has 0 aliphatic rings. The minimum absolute atomic E-state index is 0.164. The third-order valence-electron chi connectivity index (χ3n) is 2.20. The van der Waals surface area contributed by atoms with E-state index in [1.165, 1.54) is 4.68 Å². The Kier molecular flexibility index (Phi) is 3.07. The maximum absolute atomic E-state index is 11.6. The quantitative estimate of drug-likeness (QED) is 0.690. The molecule has 1 aromatic heterocycles. The highest BCUT2D eigenvalue weighted by Gasteiger charge is 2.18. The second-order valence-electron chi connectivity index (χ2n) is 4.47. The Morgan fingerprint density at radius 2 is 2.07 bits per heavy atom. The van der Waals surface area contributed by atoms with Crippen molar-refractivity contribution in [2.24, 2.45) is 0 Å². The molecule has 0 radical (unpaired) electrons. The van der Waals surface area contributed by atoms with Crippen molar-refractivity contribution < 1.29 is 4.79 Å². The van der Waals surface area contributed by atoms with E-state index in [0.29, 0.717) is 12.8 Å². The summed E-state index contributed by atoms with van der Waals surface area (Å²) in [6.07, 6.45) is 0.589. The molecule has 0 N–H and O–H groups in total. The van der Waals surface area contributed by atoms with Crippen LogP contribution in [0.15, 0.2) is 10.9 Å². The van der Waals surface area contributed by atoms with Gasteiger partial charge in [0, 0.05) is 12.0 Å². The van der Waals surface area contributed by atoms with Gasteiger partial charge in [0.15, 0.2) is 6.29 Å². The van der Waals surface area contributed by atoms with Crippen molar-refractivity contribution in [2.75, 3.05) is 0 Å². The molecule has 0 amide bonds. The molecule has 4 heteroatoms. The fraction of sp³-hybridized carbons (Fsp3) is 0.545. The van der Waals surface area contributed by atoms with Crippen LogP contribution in [0.3, 0.4) is 0 Å². The molecule has 0 saturated heterocycles. The first kappa shape index (κ1) is 11.6. The van der Waals surface area contributed by atoms with E-state index >= 15 is 0 Å². The van der Waals surface area contributed by atoms with Gasteiger partial charge in [-0.1, -0.05) is 20.8 Å². The number of hydrogen-bond donors (Lipinski definition) is 0. The predicted octanol–water partition coefficient (Wildman–Crippen LogP) is 1.37. The topological polar surface area (TPSA) is 52.0 Å². The van der Waals surface area contributed by atoms with Crippen LogP contribution in [-0.2, 0) is 12.0 Å². The molecule has 1 aromatic rings. The van der Waals surface area contributed by atoms with Crippen LogP contribution in [-0.4, -0.2) is 16.1 Å². The summed E-state index contributed by atoms with van der Waals surface area (Å²) < 4.78 is 1.32. The highest BCUT2D eigenvalue weighted by molar-refractivity contribution is 5.74. The van der Waals surface area contributed by atoms with E-state index in [1.54, 1.807) is 6.07 Å². The number of hydrogen-bond acceptors (Lipinski definition) is 3. The zero-order valence-corrected chi connectivity index (χ0v) is 9.57. The third kappa shape index (κ3) is 2.32. The molecule has 0 fully saturated rings. The minimum atomic E-state index is -0.319. The fourth-order valence-electron chi connectivity index (χ4n) is 1.23. The first-order valence-electron chi connectivity index (χ1n) is 4.98. The van der Waals surface area contributed by atoms with Crippen molar-refractivity contribution in [1.82, 2.24) is 9.78 Å². The monoisotopic (exact) mass is 208 g/mol. The molecule has 0 atom stereocenters. The molecular weight excluding hydrogens is 192 g/mol. The van der Waals surface area contributed by atoms with Crippen LogP contribution in [0.25, 0.3) is 0 Å². The van der Waals surface area contributed by atoms with E-state index in [-0.39, 0.29) is 16.5 Å². The molecule has 1 rings (SSSR count). The molecule has 0 unspecified atom stereocenters. The van der Waals surface area contributed by atoms with Gasteiger partial charge in [0.1, 0.15) is 0 Å². The van der Waals surface area contributed by atoms with E-state index < -0.39 is 0 Å². The Labute approximate surface area is 88.9 Å². The van der Waals surface area contributed by atoms with E-state index in [0.717, 1.165) is 5.69 Å². The Balaban J connectivity index is 3.47. The van der Waals surface area contributed by atoms with E-state index in [4.69, 9.17) is 0 Å². The summed E-state index contributed by atoms with van der Waals surface area (Å²) in [5.74, 6) is 0. The van der Waals surface area contributed by atoms with Gasteiger partial charge in [0.25, 0.3) is 5.56 Å². The SMILES string of the molecule is CCn1nc(C(C)(C)C)cc(C=O)c1=O. The number of carbonyl (C=O) groups excluding carboxylic acids is 1. The van der Waals surface area contributed by atoms with Gasteiger partial charge in [-0.25, -0.2) is 4.68 Å². The van der Waals surface area contributed by atoms with Crippen molar-refractivity contribution in [3.8, 4) is 0 Å². The van der Waals surface area contributed by atoms with Gasteiger partial charge in [0.05, 0.1) is 11.3 Å². The Morgan fingerprint density at radius 3 is 2.47 bits per heavy atom. The molecule has 4 nitrogen and oxygen atoms in total. The average Bonchev–Trinajstić information content (AvgIpc) is 2.16. The van der Waals surface area contributed by atoms with Crippen LogP contribution < -0.4 is 5.56 Å². The molecule has 82 valence electrons. The third-order valence-corrected chi connectivity index (χ3v) is 2.20. The number of aldehydes is 1. The predicted molar refractivity (Wildman–Crippen MR) is 58.3 cm³/mol. The van der Waals surface area contributed by atoms with Crippen molar-refractivity contribution in [2.45, 2.75) is 39.7 Å². The van der Waals surface area contributed by atoms with E-state index in [9.17, 15) is 9.59 Å². The van der Waals surface area contributed by atoms with Crippen LogP contribution in [0.4, 0.5) is 0 Å². The van der Waals surface area contributed by atoms with Crippen molar-refractivity contribution in [1.29, 1.82) is 0 Å². The van der Waals surface area contributed by atoms with Crippen LogP contribution >= 0.6 is 0 Å². The van der Waals surface area contributed by atoms with Crippen molar-refractivity contribution in [3.05, 3.63) is 27.7 Å². The number of rotatable bonds is 2. The fourth-order valence-corrected chi connectivity index (χ4v) is 1.23. The average molecular weight is 208 g/mol. The van der Waals surface area contributed by atoms with Crippen molar-refractivity contribution >= 4 is 6.29 Å². The lowest BCUT2D eigenvalue weighted by Crippen LogP contribution is -2.29. The largest absolute Gasteiger partial charge is 0.298 e. The molecule has 0 spiro atoms. The zero-order valence-electron chi connectivity index (χ0n) is 9.57. The van der Waals surface area contributed by atoms with E-state index in [2.05, 4.69) is 5.10 Å². The summed E-state index contributed by atoms with van der Waals surface area (Å²) in [5.41, 5.74) is 0.450. The highest BCUT2D eigenvalue weighted by atomic mass is 16.1. The van der Waals surface area contributed by atoms with Gasteiger partial charge in [-0.15, -0.1) is 0 Å².